The number of amides is 1. The maximum atomic E-state index is 13.4. The molecule has 0 spiro atoms. The number of carbonyl (C=O) groups excluding carboxylic acids is 1. The summed E-state index contributed by atoms with van der Waals surface area (Å²) in [6.45, 7) is 0.229. The molecule has 4 aromatic rings. The molecule has 0 unspecified atom stereocenters. The van der Waals surface area contributed by atoms with Crippen LogP contribution in [-0.4, -0.2) is 20.7 Å². The Hall–Kier alpha value is -3.94. The number of benzene rings is 2. The van der Waals surface area contributed by atoms with E-state index in [1.54, 1.807) is 42.7 Å². The van der Waals surface area contributed by atoms with Crippen LogP contribution < -0.4 is 10.9 Å². The fourth-order valence-corrected chi connectivity index (χ4v) is 3.11. The van der Waals surface area contributed by atoms with Gasteiger partial charge in [-0.25, -0.2) is 13.5 Å². The number of hydrogen-bond acceptors (Lipinski definition) is 4. The molecule has 2 aromatic heterocycles. The zero-order chi connectivity index (χ0) is 21.1. The Morgan fingerprint density at radius 2 is 1.80 bits per heavy atom. The Bertz CT molecular complexity index is 1290. The molecule has 30 heavy (non-hydrogen) atoms. The van der Waals surface area contributed by atoms with Gasteiger partial charge in [0.2, 0.25) is 0 Å². The van der Waals surface area contributed by atoms with Crippen molar-refractivity contribution in [1.82, 2.24) is 20.1 Å². The fraction of sp³-hybridized carbons (Fsp3) is 0.0909. The summed E-state index contributed by atoms with van der Waals surface area (Å²) in [6, 6.07) is 13.5. The van der Waals surface area contributed by atoms with Crippen LogP contribution in [0.15, 0.2) is 71.8 Å². The van der Waals surface area contributed by atoms with Gasteiger partial charge in [-0.2, -0.15) is 5.10 Å². The van der Waals surface area contributed by atoms with Crippen molar-refractivity contribution in [2.24, 2.45) is 0 Å². The number of hydrogen-bond donors (Lipinski definition) is 1. The van der Waals surface area contributed by atoms with Gasteiger partial charge in [-0.3, -0.25) is 14.6 Å². The monoisotopic (exact) mass is 406 g/mol. The second kappa shape index (κ2) is 8.20. The third-order valence-electron chi connectivity index (χ3n) is 4.60. The van der Waals surface area contributed by atoms with E-state index in [0.29, 0.717) is 16.5 Å². The molecule has 0 radical (unpaired) electrons. The largest absolute Gasteiger partial charge is 0.346 e. The molecule has 2 aromatic carbocycles. The number of carbonyl (C=O) groups is 1. The first-order valence-electron chi connectivity index (χ1n) is 9.14. The van der Waals surface area contributed by atoms with Gasteiger partial charge in [-0.1, -0.05) is 24.3 Å². The third-order valence-corrected chi connectivity index (χ3v) is 4.60. The molecule has 2 heterocycles. The van der Waals surface area contributed by atoms with Crippen molar-refractivity contribution in [1.29, 1.82) is 0 Å². The summed E-state index contributed by atoms with van der Waals surface area (Å²) in [5.74, 6) is -2.71. The Morgan fingerprint density at radius 3 is 2.53 bits per heavy atom. The SMILES string of the molecule is O=C(NCc1nn(Cc2cccnc2)c(=O)c2ccccc12)c1ccc(F)c(F)c1. The van der Waals surface area contributed by atoms with Crippen molar-refractivity contribution in [3.8, 4) is 0 Å². The second-order valence-corrected chi connectivity index (χ2v) is 6.63. The lowest BCUT2D eigenvalue weighted by Gasteiger charge is -2.12. The second-order valence-electron chi connectivity index (χ2n) is 6.63. The van der Waals surface area contributed by atoms with E-state index >= 15 is 0 Å². The highest BCUT2D eigenvalue weighted by atomic mass is 19.2. The van der Waals surface area contributed by atoms with E-state index in [1.165, 1.54) is 10.7 Å². The lowest BCUT2D eigenvalue weighted by Crippen LogP contribution is -2.29. The highest BCUT2D eigenvalue weighted by Crippen LogP contribution is 2.14. The van der Waals surface area contributed by atoms with Gasteiger partial charge in [0.15, 0.2) is 11.6 Å². The molecule has 0 bridgehead atoms. The number of rotatable bonds is 5. The molecule has 0 fully saturated rings. The van der Waals surface area contributed by atoms with Crippen LogP contribution in [-0.2, 0) is 13.1 Å². The molecule has 1 N–H and O–H groups in total. The van der Waals surface area contributed by atoms with Crippen LogP contribution in [0.1, 0.15) is 21.6 Å². The summed E-state index contributed by atoms with van der Waals surface area (Å²) in [5, 5.41) is 8.14. The molecule has 6 nitrogen and oxygen atoms in total. The first-order valence-corrected chi connectivity index (χ1v) is 9.14. The van der Waals surface area contributed by atoms with Crippen molar-refractivity contribution in [3.05, 3.63) is 106 Å². The molecule has 0 atom stereocenters. The van der Waals surface area contributed by atoms with Gasteiger partial charge in [0.1, 0.15) is 0 Å². The Morgan fingerprint density at radius 1 is 1.00 bits per heavy atom. The zero-order valence-electron chi connectivity index (χ0n) is 15.7. The van der Waals surface area contributed by atoms with Crippen molar-refractivity contribution in [3.63, 3.8) is 0 Å². The molecule has 0 aliphatic carbocycles. The highest BCUT2D eigenvalue weighted by Gasteiger charge is 2.14. The van der Waals surface area contributed by atoms with Gasteiger partial charge in [0.25, 0.3) is 11.5 Å². The molecule has 8 heteroatoms. The summed E-state index contributed by atoms with van der Waals surface area (Å²) in [6.07, 6.45) is 3.28. The molecule has 1 amide bonds. The first kappa shape index (κ1) is 19.4. The van der Waals surface area contributed by atoms with E-state index in [9.17, 15) is 18.4 Å². The Kier molecular flexibility index (Phi) is 5.30. The van der Waals surface area contributed by atoms with Crippen LogP contribution >= 0.6 is 0 Å². The van der Waals surface area contributed by atoms with Gasteiger partial charge in [0, 0.05) is 23.3 Å². The van der Waals surface area contributed by atoms with E-state index in [4.69, 9.17) is 0 Å². The minimum Gasteiger partial charge on any atom is -0.346 e. The quantitative estimate of drug-likeness (QED) is 0.553. The molecule has 0 aliphatic rings. The van der Waals surface area contributed by atoms with E-state index in [-0.39, 0.29) is 24.2 Å². The standard InChI is InChI=1S/C22H16F2N4O2/c23-18-8-7-15(10-19(18)24)21(29)26-12-20-16-5-1-2-6-17(16)22(30)28(27-20)13-14-4-3-9-25-11-14/h1-11H,12-13H2,(H,26,29). The van der Waals surface area contributed by atoms with Gasteiger partial charge in [-0.05, 0) is 35.9 Å². The first-order chi connectivity index (χ1) is 14.5. The number of fused-ring (bicyclic) bond motifs is 1. The van der Waals surface area contributed by atoms with E-state index in [2.05, 4.69) is 15.4 Å². The number of halogens is 2. The lowest BCUT2D eigenvalue weighted by molar-refractivity contribution is 0.0950. The van der Waals surface area contributed by atoms with Crippen molar-refractivity contribution in [2.45, 2.75) is 13.1 Å². The summed E-state index contributed by atoms with van der Waals surface area (Å²) in [7, 11) is 0. The summed E-state index contributed by atoms with van der Waals surface area (Å²) in [4.78, 5) is 29.2. The summed E-state index contributed by atoms with van der Waals surface area (Å²) >= 11 is 0. The molecular formula is C22H16F2N4O2. The lowest BCUT2D eigenvalue weighted by atomic mass is 10.1. The molecule has 4 rings (SSSR count). The van der Waals surface area contributed by atoms with E-state index < -0.39 is 17.5 Å². The molecule has 0 aliphatic heterocycles. The van der Waals surface area contributed by atoms with Crippen LogP contribution in [0.5, 0.6) is 0 Å². The average molecular weight is 406 g/mol. The summed E-state index contributed by atoms with van der Waals surface area (Å²) in [5.41, 5.74) is 1.01. The zero-order valence-corrected chi connectivity index (χ0v) is 15.7. The van der Waals surface area contributed by atoms with Gasteiger partial charge >= 0.3 is 0 Å². The molecule has 150 valence electrons. The number of aromatic nitrogens is 3. The molecule has 0 saturated carbocycles. The normalized spacial score (nSPS) is 10.9. The average Bonchev–Trinajstić information content (AvgIpc) is 2.77. The van der Waals surface area contributed by atoms with Crippen LogP contribution in [0.4, 0.5) is 8.78 Å². The maximum absolute atomic E-state index is 13.4. The number of pyridine rings is 1. The van der Waals surface area contributed by atoms with Gasteiger partial charge < -0.3 is 5.32 Å². The maximum Gasteiger partial charge on any atom is 0.274 e. The van der Waals surface area contributed by atoms with Crippen molar-refractivity contribution >= 4 is 16.7 Å². The van der Waals surface area contributed by atoms with Crippen molar-refractivity contribution in [2.75, 3.05) is 0 Å². The predicted molar refractivity (Wildman–Crippen MR) is 107 cm³/mol. The topological polar surface area (TPSA) is 76.9 Å². The minimum absolute atomic E-state index is 0.00562. The minimum atomic E-state index is -1.10. The van der Waals surface area contributed by atoms with Crippen LogP contribution in [0, 0.1) is 11.6 Å². The Labute approximate surface area is 169 Å². The van der Waals surface area contributed by atoms with E-state index in [0.717, 1.165) is 17.7 Å². The van der Waals surface area contributed by atoms with E-state index in [1.807, 2.05) is 6.07 Å². The summed E-state index contributed by atoms with van der Waals surface area (Å²) < 4.78 is 27.8. The number of nitrogens with one attached hydrogen (secondary N) is 1. The molecular weight excluding hydrogens is 390 g/mol. The van der Waals surface area contributed by atoms with Gasteiger partial charge in [0.05, 0.1) is 24.2 Å². The smallest absolute Gasteiger partial charge is 0.274 e. The number of nitrogens with zero attached hydrogens (tertiary/aromatic N) is 3. The van der Waals surface area contributed by atoms with Gasteiger partial charge in [-0.15, -0.1) is 0 Å². The van der Waals surface area contributed by atoms with Crippen molar-refractivity contribution < 1.29 is 13.6 Å². The Balaban J connectivity index is 1.65. The van der Waals surface area contributed by atoms with Crippen LogP contribution in [0.2, 0.25) is 0 Å². The van der Waals surface area contributed by atoms with Crippen LogP contribution in [0.25, 0.3) is 10.8 Å². The van der Waals surface area contributed by atoms with Crippen LogP contribution in [0.3, 0.4) is 0 Å². The predicted octanol–water partition coefficient (Wildman–Crippen LogP) is 3.05. The third kappa shape index (κ3) is 3.93. The fourth-order valence-electron chi connectivity index (χ4n) is 3.11. The molecule has 0 saturated heterocycles. The highest BCUT2D eigenvalue weighted by molar-refractivity contribution is 5.94.